The maximum atomic E-state index is 12.7. The van der Waals surface area contributed by atoms with E-state index < -0.39 is 32.6 Å². The lowest BCUT2D eigenvalue weighted by Crippen LogP contribution is -2.30. The van der Waals surface area contributed by atoms with E-state index in [2.05, 4.69) is 10.0 Å². The van der Waals surface area contributed by atoms with Crippen LogP contribution in [0.1, 0.15) is 17.5 Å². The first-order valence-corrected chi connectivity index (χ1v) is 9.62. The molecule has 10 heteroatoms. The summed E-state index contributed by atoms with van der Waals surface area (Å²) < 4.78 is 64.3. The summed E-state index contributed by atoms with van der Waals surface area (Å²) in [5, 5.41) is 3.17. The Labute approximate surface area is 159 Å². The van der Waals surface area contributed by atoms with Crippen LogP contribution in [0.3, 0.4) is 0 Å². The summed E-state index contributed by atoms with van der Waals surface area (Å²) >= 11 is 5.76. The highest BCUT2D eigenvalue weighted by atomic mass is 35.5. The summed E-state index contributed by atoms with van der Waals surface area (Å²) in [7, 11) is -4.16. The number of hydrogen-bond acceptors (Lipinski definition) is 3. The molecule has 0 aliphatic rings. The van der Waals surface area contributed by atoms with Crippen molar-refractivity contribution >= 4 is 27.5 Å². The van der Waals surface area contributed by atoms with E-state index in [-0.39, 0.29) is 19.5 Å². The summed E-state index contributed by atoms with van der Waals surface area (Å²) in [6, 6.07) is 10.2. The lowest BCUT2D eigenvalue weighted by molar-refractivity contribution is -0.137. The minimum absolute atomic E-state index is 0.161. The third kappa shape index (κ3) is 6.53. The number of amides is 1. The third-order valence-corrected chi connectivity index (χ3v) is 5.23. The van der Waals surface area contributed by atoms with Gasteiger partial charge in [0.2, 0.25) is 15.9 Å². The third-order valence-electron chi connectivity index (χ3n) is 3.52. The van der Waals surface area contributed by atoms with E-state index in [4.69, 9.17) is 11.6 Å². The number of halogens is 4. The molecule has 146 valence electrons. The highest BCUT2D eigenvalue weighted by Crippen LogP contribution is 2.30. The molecular formula is C17H16ClF3N2O3S. The Hall–Kier alpha value is -2.10. The maximum Gasteiger partial charge on any atom is 0.416 e. The average Bonchev–Trinajstić information content (AvgIpc) is 2.60. The molecule has 0 aliphatic carbocycles. The molecule has 2 aromatic rings. The average molecular weight is 421 g/mol. The van der Waals surface area contributed by atoms with Gasteiger partial charge in [-0.2, -0.15) is 13.2 Å². The van der Waals surface area contributed by atoms with E-state index in [0.717, 1.165) is 23.8 Å². The molecule has 0 saturated heterocycles. The van der Waals surface area contributed by atoms with Gasteiger partial charge < -0.3 is 5.32 Å². The fourth-order valence-electron chi connectivity index (χ4n) is 2.11. The molecule has 0 bridgehead atoms. The molecule has 0 fully saturated rings. The fourth-order valence-corrected chi connectivity index (χ4v) is 3.32. The number of rotatable bonds is 7. The molecule has 0 atom stereocenters. The van der Waals surface area contributed by atoms with Crippen LogP contribution in [0.25, 0.3) is 0 Å². The SMILES string of the molecule is O=C(CCNS(=O)(=O)c1cccc(C(F)(F)F)c1)NCc1ccc(Cl)cc1. The van der Waals surface area contributed by atoms with Gasteiger partial charge in [-0.3, -0.25) is 4.79 Å². The largest absolute Gasteiger partial charge is 0.416 e. The normalized spacial score (nSPS) is 12.0. The minimum Gasteiger partial charge on any atom is -0.352 e. The quantitative estimate of drug-likeness (QED) is 0.721. The van der Waals surface area contributed by atoms with E-state index in [1.165, 1.54) is 0 Å². The Morgan fingerprint density at radius 1 is 1.07 bits per heavy atom. The second-order valence-electron chi connectivity index (χ2n) is 5.58. The second kappa shape index (κ2) is 8.73. The molecule has 5 nitrogen and oxygen atoms in total. The summed E-state index contributed by atoms with van der Waals surface area (Å²) in [5.74, 6) is -0.406. The molecule has 0 unspecified atom stereocenters. The number of hydrogen-bond donors (Lipinski definition) is 2. The molecule has 0 heterocycles. The number of carbonyl (C=O) groups is 1. The predicted octanol–water partition coefficient (Wildman–Crippen LogP) is 3.34. The van der Waals surface area contributed by atoms with Crippen molar-refractivity contribution in [3.05, 3.63) is 64.7 Å². The standard InChI is InChI=1S/C17H16ClF3N2O3S/c18-14-6-4-12(5-7-14)11-22-16(24)8-9-23-27(25,26)15-3-1-2-13(10-15)17(19,20)21/h1-7,10,23H,8-9,11H2,(H,22,24). The van der Waals surface area contributed by atoms with Crippen LogP contribution in [0.2, 0.25) is 5.02 Å². The molecule has 2 aromatic carbocycles. The van der Waals surface area contributed by atoms with Crippen LogP contribution in [-0.4, -0.2) is 20.9 Å². The van der Waals surface area contributed by atoms with Gasteiger partial charge in [0.1, 0.15) is 0 Å². The van der Waals surface area contributed by atoms with Crippen molar-refractivity contribution in [2.45, 2.75) is 24.0 Å². The zero-order valence-electron chi connectivity index (χ0n) is 13.9. The van der Waals surface area contributed by atoms with Gasteiger partial charge in [-0.1, -0.05) is 29.8 Å². The van der Waals surface area contributed by atoms with Crippen molar-refractivity contribution in [3.63, 3.8) is 0 Å². The van der Waals surface area contributed by atoms with Gasteiger partial charge in [-0.25, -0.2) is 13.1 Å². The van der Waals surface area contributed by atoms with Gasteiger partial charge in [-0.05, 0) is 35.9 Å². The van der Waals surface area contributed by atoms with Crippen LogP contribution in [-0.2, 0) is 27.5 Å². The number of sulfonamides is 1. The molecule has 2 rings (SSSR count). The molecular weight excluding hydrogens is 405 g/mol. The summed E-state index contributed by atoms with van der Waals surface area (Å²) in [6.07, 6.45) is -4.81. The Bertz CT molecular complexity index is 900. The van der Waals surface area contributed by atoms with Crippen LogP contribution in [0, 0.1) is 0 Å². The molecule has 0 aliphatic heterocycles. The lowest BCUT2D eigenvalue weighted by atomic mass is 10.2. The van der Waals surface area contributed by atoms with Crippen molar-refractivity contribution in [2.75, 3.05) is 6.54 Å². The number of alkyl halides is 3. The molecule has 27 heavy (non-hydrogen) atoms. The van der Waals surface area contributed by atoms with Crippen LogP contribution < -0.4 is 10.0 Å². The molecule has 0 aromatic heterocycles. The first-order valence-electron chi connectivity index (χ1n) is 7.76. The van der Waals surface area contributed by atoms with Crippen LogP contribution in [0.15, 0.2) is 53.4 Å². The summed E-state index contributed by atoms with van der Waals surface area (Å²) in [5.41, 5.74) is -0.247. The number of benzene rings is 2. The van der Waals surface area contributed by atoms with Gasteiger partial charge in [0, 0.05) is 24.5 Å². The van der Waals surface area contributed by atoms with Gasteiger partial charge >= 0.3 is 6.18 Å². The van der Waals surface area contributed by atoms with E-state index >= 15 is 0 Å². The van der Waals surface area contributed by atoms with Gasteiger partial charge in [0.05, 0.1) is 10.5 Å². The van der Waals surface area contributed by atoms with E-state index in [0.29, 0.717) is 11.1 Å². The summed E-state index contributed by atoms with van der Waals surface area (Å²) in [6.45, 7) is 0.00140. The minimum atomic E-state index is -4.65. The van der Waals surface area contributed by atoms with E-state index in [9.17, 15) is 26.4 Å². The second-order valence-corrected chi connectivity index (χ2v) is 7.78. The smallest absolute Gasteiger partial charge is 0.352 e. The molecule has 0 radical (unpaired) electrons. The zero-order chi connectivity index (χ0) is 20.1. The monoisotopic (exact) mass is 420 g/mol. The van der Waals surface area contributed by atoms with Crippen molar-refractivity contribution in [1.82, 2.24) is 10.0 Å². The highest BCUT2D eigenvalue weighted by molar-refractivity contribution is 7.89. The number of nitrogens with one attached hydrogen (secondary N) is 2. The first kappa shape index (κ1) is 21.2. The van der Waals surface area contributed by atoms with E-state index in [1.54, 1.807) is 24.3 Å². The Kier molecular flexibility index (Phi) is 6.85. The topological polar surface area (TPSA) is 75.3 Å². The number of carbonyl (C=O) groups excluding carboxylic acids is 1. The van der Waals surface area contributed by atoms with Crippen molar-refractivity contribution in [2.24, 2.45) is 0 Å². The molecule has 2 N–H and O–H groups in total. The lowest BCUT2D eigenvalue weighted by Gasteiger charge is -2.10. The Balaban J connectivity index is 1.86. The molecule has 0 saturated carbocycles. The van der Waals surface area contributed by atoms with Gasteiger partial charge in [-0.15, -0.1) is 0 Å². The van der Waals surface area contributed by atoms with Gasteiger partial charge in [0.15, 0.2) is 0 Å². The molecule has 0 spiro atoms. The fraction of sp³-hybridized carbons (Fsp3) is 0.235. The Morgan fingerprint density at radius 2 is 1.74 bits per heavy atom. The predicted molar refractivity (Wildman–Crippen MR) is 94.5 cm³/mol. The van der Waals surface area contributed by atoms with Crippen molar-refractivity contribution < 1.29 is 26.4 Å². The first-order chi connectivity index (χ1) is 12.6. The van der Waals surface area contributed by atoms with E-state index in [1.807, 2.05) is 0 Å². The van der Waals surface area contributed by atoms with Crippen LogP contribution in [0.4, 0.5) is 13.2 Å². The Morgan fingerprint density at radius 3 is 2.37 bits per heavy atom. The van der Waals surface area contributed by atoms with Crippen molar-refractivity contribution in [1.29, 1.82) is 0 Å². The van der Waals surface area contributed by atoms with Crippen LogP contribution >= 0.6 is 11.6 Å². The van der Waals surface area contributed by atoms with Crippen molar-refractivity contribution in [3.8, 4) is 0 Å². The maximum absolute atomic E-state index is 12.7. The summed E-state index contributed by atoms with van der Waals surface area (Å²) in [4.78, 5) is 11.3. The molecule has 1 amide bonds. The van der Waals surface area contributed by atoms with Crippen LogP contribution in [0.5, 0.6) is 0 Å². The van der Waals surface area contributed by atoms with Gasteiger partial charge in [0.25, 0.3) is 0 Å². The highest BCUT2D eigenvalue weighted by Gasteiger charge is 2.31. The zero-order valence-corrected chi connectivity index (χ0v) is 15.5.